The van der Waals surface area contributed by atoms with Gasteiger partial charge in [-0.3, -0.25) is 14.5 Å². The van der Waals surface area contributed by atoms with Gasteiger partial charge in [-0.05, 0) is 61.4 Å². The molecular weight excluding hydrogens is 394 g/mol. The van der Waals surface area contributed by atoms with Crippen molar-refractivity contribution in [2.75, 3.05) is 0 Å². The van der Waals surface area contributed by atoms with Gasteiger partial charge in [0.25, 0.3) is 11.1 Å². The van der Waals surface area contributed by atoms with Gasteiger partial charge in [0.05, 0.1) is 22.6 Å². The highest BCUT2D eigenvalue weighted by Crippen LogP contribution is 2.34. The predicted octanol–water partition coefficient (Wildman–Crippen LogP) is 6.06. The summed E-state index contributed by atoms with van der Waals surface area (Å²) in [6, 6.07) is 13.2. The second-order valence-corrected chi connectivity index (χ2v) is 8.18. The van der Waals surface area contributed by atoms with Crippen molar-refractivity contribution in [1.82, 2.24) is 4.90 Å². The van der Waals surface area contributed by atoms with Crippen LogP contribution in [0, 0.1) is 6.92 Å². The first kappa shape index (κ1) is 20.5. The van der Waals surface area contributed by atoms with Gasteiger partial charge in [-0.15, -0.1) is 0 Å². The van der Waals surface area contributed by atoms with E-state index in [0.717, 1.165) is 34.9 Å². The Morgan fingerprint density at radius 2 is 1.89 bits per heavy atom. The van der Waals surface area contributed by atoms with Gasteiger partial charge in [0.2, 0.25) is 0 Å². The molecule has 1 fully saturated rings. The van der Waals surface area contributed by atoms with Gasteiger partial charge < -0.3 is 4.74 Å². The van der Waals surface area contributed by atoms with E-state index in [1.165, 1.54) is 4.90 Å². The topological polar surface area (TPSA) is 46.6 Å². The highest BCUT2D eigenvalue weighted by atomic mass is 35.5. The van der Waals surface area contributed by atoms with Crippen LogP contribution in [-0.4, -0.2) is 22.2 Å². The standard InChI is InChI=1S/C22H22ClNO3S/c1-4-15(3)27-19-10-9-17(11-18(19)23)12-20-21(25)24(22(26)28-20)13-16-7-5-14(2)6-8-16/h5-12,15H,4,13H2,1-3H3/b20-12+/t15-/m1/s1. The Bertz CT molecular complexity index is 924. The quantitative estimate of drug-likeness (QED) is 0.538. The molecule has 0 saturated carbocycles. The normalized spacial score (nSPS) is 16.7. The zero-order valence-electron chi connectivity index (χ0n) is 16.1. The maximum Gasteiger partial charge on any atom is 0.293 e. The van der Waals surface area contributed by atoms with Crippen LogP contribution >= 0.6 is 23.4 Å². The Labute approximate surface area is 174 Å². The summed E-state index contributed by atoms with van der Waals surface area (Å²) >= 11 is 7.25. The zero-order chi connectivity index (χ0) is 20.3. The summed E-state index contributed by atoms with van der Waals surface area (Å²) in [4.78, 5) is 26.7. The zero-order valence-corrected chi connectivity index (χ0v) is 17.6. The molecule has 146 valence electrons. The van der Waals surface area contributed by atoms with Crippen LogP contribution in [0.3, 0.4) is 0 Å². The van der Waals surface area contributed by atoms with E-state index in [1.807, 2.05) is 51.1 Å². The molecule has 1 heterocycles. The molecule has 0 aliphatic carbocycles. The van der Waals surface area contributed by atoms with E-state index < -0.39 is 0 Å². The summed E-state index contributed by atoms with van der Waals surface area (Å²) in [5, 5.41) is 0.215. The van der Waals surface area contributed by atoms with Gasteiger partial charge in [-0.2, -0.15) is 0 Å². The summed E-state index contributed by atoms with van der Waals surface area (Å²) in [5.74, 6) is 0.326. The van der Waals surface area contributed by atoms with Crippen molar-refractivity contribution in [2.45, 2.75) is 39.8 Å². The summed E-state index contributed by atoms with van der Waals surface area (Å²) in [6.45, 7) is 6.29. The Morgan fingerprint density at radius 3 is 2.54 bits per heavy atom. The van der Waals surface area contributed by atoms with Crippen molar-refractivity contribution in [1.29, 1.82) is 0 Å². The summed E-state index contributed by atoms with van der Waals surface area (Å²) < 4.78 is 5.76. The molecule has 4 nitrogen and oxygen atoms in total. The maximum absolute atomic E-state index is 12.7. The number of halogens is 1. The van der Waals surface area contributed by atoms with Crippen molar-refractivity contribution >= 4 is 40.6 Å². The third-order valence-corrected chi connectivity index (χ3v) is 5.69. The molecule has 2 aromatic carbocycles. The van der Waals surface area contributed by atoms with Gasteiger partial charge in [-0.25, -0.2) is 0 Å². The Kier molecular flexibility index (Phi) is 6.47. The third kappa shape index (κ3) is 4.78. The average molecular weight is 416 g/mol. The fourth-order valence-electron chi connectivity index (χ4n) is 2.67. The number of carbonyl (C=O) groups is 2. The highest BCUT2D eigenvalue weighted by Gasteiger charge is 2.34. The first-order valence-electron chi connectivity index (χ1n) is 9.14. The molecule has 0 spiro atoms. The molecule has 0 bridgehead atoms. The van der Waals surface area contributed by atoms with E-state index in [1.54, 1.807) is 18.2 Å². The number of amides is 2. The number of thioether (sulfide) groups is 1. The lowest BCUT2D eigenvalue weighted by Crippen LogP contribution is -2.27. The van der Waals surface area contributed by atoms with Crippen molar-refractivity contribution < 1.29 is 14.3 Å². The monoisotopic (exact) mass is 415 g/mol. The molecule has 2 aromatic rings. The molecule has 1 atom stereocenters. The molecule has 3 rings (SSSR count). The van der Waals surface area contributed by atoms with Crippen molar-refractivity contribution in [3.8, 4) is 5.75 Å². The van der Waals surface area contributed by atoms with Crippen LogP contribution in [0.4, 0.5) is 4.79 Å². The van der Waals surface area contributed by atoms with Crippen molar-refractivity contribution in [2.24, 2.45) is 0 Å². The lowest BCUT2D eigenvalue weighted by molar-refractivity contribution is -0.123. The fraction of sp³-hybridized carbons (Fsp3) is 0.273. The van der Waals surface area contributed by atoms with Crippen LogP contribution in [0.1, 0.15) is 37.0 Å². The Balaban J connectivity index is 1.76. The van der Waals surface area contributed by atoms with E-state index in [9.17, 15) is 9.59 Å². The molecule has 6 heteroatoms. The number of rotatable bonds is 6. The van der Waals surface area contributed by atoms with Crippen molar-refractivity contribution in [3.05, 3.63) is 69.1 Å². The second kappa shape index (κ2) is 8.84. The molecule has 1 aliphatic heterocycles. The van der Waals surface area contributed by atoms with E-state index in [2.05, 4.69) is 0 Å². The first-order valence-corrected chi connectivity index (χ1v) is 10.3. The van der Waals surface area contributed by atoms with E-state index >= 15 is 0 Å². The van der Waals surface area contributed by atoms with Crippen molar-refractivity contribution in [3.63, 3.8) is 0 Å². The van der Waals surface area contributed by atoms with Gasteiger partial charge in [0.1, 0.15) is 5.75 Å². The molecule has 1 aliphatic rings. The Morgan fingerprint density at radius 1 is 1.18 bits per heavy atom. The van der Waals surface area contributed by atoms with Crippen LogP contribution in [0.2, 0.25) is 5.02 Å². The number of carbonyl (C=O) groups excluding carboxylic acids is 2. The molecule has 2 amide bonds. The molecule has 28 heavy (non-hydrogen) atoms. The maximum atomic E-state index is 12.7. The molecule has 0 aromatic heterocycles. The number of hydrogen-bond acceptors (Lipinski definition) is 4. The Hall–Kier alpha value is -2.24. The minimum atomic E-state index is -0.286. The van der Waals surface area contributed by atoms with Crippen LogP contribution < -0.4 is 4.74 Å². The van der Waals surface area contributed by atoms with Crippen LogP contribution in [0.15, 0.2) is 47.4 Å². The second-order valence-electron chi connectivity index (χ2n) is 6.78. The molecule has 1 saturated heterocycles. The molecule has 0 N–H and O–H groups in total. The van der Waals surface area contributed by atoms with Crippen LogP contribution in [-0.2, 0) is 11.3 Å². The highest BCUT2D eigenvalue weighted by molar-refractivity contribution is 8.18. The summed E-state index contributed by atoms with van der Waals surface area (Å²) in [6.07, 6.45) is 2.65. The predicted molar refractivity (Wildman–Crippen MR) is 115 cm³/mol. The first-order chi connectivity index (χ1) is 13.4. The minimum absolute atomic E-state index is 0.0709. The average Bonchev–Trinajstić information content (AvgIpc) is 2.93. The number of ether oxygens (including phenoxy) is 1. The summed E-state index contributed by atoms with van der Waals surface area (Å²) in [5.41, 5.74) is 2.81. The van der Waals surface area contributed by atoms with Gasteiger partial charge in [0.15, 0.2) is 0 Å². The van der Waals surface area contributed by atoms with Gasteiger partial charge >= 0.3 is 0 Å². The molecule has 0 unspecified atom stereocenters. The number of benzene rings is 2. The fourth-order valence-corrected chi connectivity index (χ4v) is 3.74. The SMILES string of the molecule is CC[C@@H](C)Oc1ccc(/C=C2/SC(=O)N(Cc3ccc(C)cc3)C2=O)cc1Cl. The minimum Gasteiger partial charge on any atom is -0.489 e. The van der Waals surface area contributed by atoms with E-state index in [0.29, 0.717) is 15.7 Å². The number of nitrogens with zero attached hydrogens (tertiary/aromatic N) is 1. The molecule has 0 radical (unpaired) electrons. The lowest BCUT2D eigenvalue weighted by Gasteiger charge is -2.14. The van der Waals surface area contributed by atoms with Gasteiger partial charge in [-0.1, -0.05) is 54.4 Å². The number of imide groups is 1. The summed E-state index contributed by atoms with van der Waals surface area (Å²) in [7, 11) is 0. The largest absolute Gasteiger partial charge is 0.489 e. The van der Waals surface area contributed by atoms with Crippen LogP contribution in [0.5, 0.6) is 5.75 Å². The van der Waals surface area contributed by atoms with E-state index in [-0.39, 0.29) is 23.8 Å². The van der Waals surface area contributed by atoms with E-state index in [4.69, 9.17) is 16.3 Å². The number of hydrogen-bond donors (Lipinski definition) is 0. The lowest BCUT2D eigenvalue weighted by atomic mass is 10.1. The number of aryl methyl sites for hydroxylation is 1. The smallest absolute Gasteiger partial charge is 0.293 e. The van der Waals surface area contributed by atoms with Gasteiger partial charge in [0, 0.05) is 0 Å². The molecular formula is C22H22ClNO3S. The van der Waals surface area contributed by atoms with Crippen LogP contribution in [0.25, 0.3) is 6.08 Å². The third-order valence-electron chi connectivity index (χ3n) is 4.49.